The average Bonchev–Trinajstić information content (AvgIpc) is 3.16. The maximum Gasteiger partial charge on any atom is 0.416 e. The number of aromatic nitrogens is 2. The molecule has 1 N–H and O–H groups in total. The molecule has 0 radical (unpaired) electrons. The van der Waals surface area contributed by atoms with Crippen molar-refractivity contribution in [3.05, 3.63) is 65.8 Å². The van der Waals surface area contributed by atoms with Gasteiger partial charge in [-0.3, -0.25) is 9.69 Å². The Bertz CT molecular complexity index is 1040. The van der Waals surface area contributed by atoms with Crippen molar-refractivity contribution < 1.29 is 26.9 Å². The predicted molar refractivity (Wildman–Crippen MR) is 106 cm³/mol. The fourth-order valence-electron chi connectivity index (χ4n) is 2.90. The van der Waals surface area contributed by atoms with E-state index in [0.717, 1.165) is 12.1 Å². The Hall–Kier alpha value is -3.27. The minimum Gasteiger partial charge on any atom is -0.339 e. The Morgan fingerprint density at radius 2 is 1.94 bits per heavy atom. The van der Waals surface area contributed by atoms with Crippen molar-refractivity contribution in [2.75, 3.05) is 25.5 Å². The smallest absolute Gasteiger partial charge is 0.339 e. The quantitative estimate of drug-likeness (QED) is 0.530. The van der Waals surface area contributed by atoms with Crippen LogP contribution in [0.1, 0.15) is 17.9 Å². The van der Waals surface area contributed by atoms with Gasteiger partial charge in [-0.2, -0.15) is 18.2 Å². The van der Waals surface area contributed by atoms with Crippen molar-refractivity contribution in [3.8, 4) is 11.4 Å². The molecule has 6 nitrogen and oxygen atoms in total. The summed E-state index contributed by atoms with van der Waals surface area (Å²) in [6.07, 6.45) is -3.45. The van der Waals surface area contributed by atoms with Crippen molar-refractivity contribution >= 4 is 11.6 Å². The number of amides is 1. The number of halogens is 4. The SMILES string of the molecule is CN(CCCc1nc(-c2cccc(C(F)(F)F)c2)no1)CC(=O)Nc1cccc(F)c1. The van der Waals surface area contributed by atoms with Crippen LogP contribution in [0.3, 0.4) is 0 Å². The number of benzene rings is 2. The average molecular weight is 436 g/mol. The van der Waals surface area contributed by atoms with Gasteiger partial charge in [0, 0.05) is 17.7 Å². The molecule has 10 heteroatoms. The maximum absolute atomic E-state index is 13.2. The van der Waals surface area contributed by atoms with E-state index in [9.17, 15) is 22.4 Å². The van der Waals surface area contributed by atoms with Gasteiger partial charge in [0.25, 0.3) is 0 Å². The molecule has 0 aliphatic rings. The lowest BCUT2D eigenvalue weighted by molar-refractivity contribution is -0.137. The first-order valence-corrected chi connectivity index (χ1v) is 9.45. The highest BCUT2D eigenvalue weighted by Crippen LogP contribution is 2.31. The molecule has 1 amide bonds. The van der Waals surface area contributed by atoms with Crippen LogP contribution < -0.4 is 5.32 Å². The summed E-state index contributed by atoms with van der Waals surface area (Å²) in [5.41, 5.74) is -0.183. The van der Waals surface area contributed by atoms with Crippen molar-refractivity contribution in [1.82, 2.24) is 15.0 Å². The van der Waals surface area contributed by atoms with E-state index < -0.39 is 17.6 Å². The fraction of sp³-hybridized carbons (Fsp3) is 0.286. The molecule has 0 atom stereocenters. The van der Waals surface area contributed by atoms with E-state index in [0.29, 0.717) is 31.0 Å². The molecule has 0 bridgehead atoms. The van der Waals surface area contributed by atoms with Gasteiger partial charge in [-0.15, -0.1) is 0 Å². The van der Waals surface area contributed by atoms with Gasteiger partial charge in [-0.05, 0) is 50.3 Å². The van der Waals surface area contributed by atoms with Crippen molar-refractivity contribution in [2.45, 2.75) is 19.0 Å². The Morgan fingerprint density at radius 1 is 1.16 bits per heavy atom. The third kappa shape index (κ3) is 6.61. The lowest BCUT2D eigenvalue weighted by atomic mass is 10.1. The highest BCUT2D eigenvalue weighted by atomic mass is 19.4. The number of likely N-dealkylation sites (N-methyl/N-ethyl adjacent to an activating group) is 1. The molecule has 1 heterocycles. The van der Waals surface area contributed by atoms with Crippen LogP contribution in [0.4, 0.5) is 23.2 Å². The van der Waals surface area contributed by atoms with Crippen LogP contribution >= 0.6 is 0 Å². The summed E-state index contributed by atoms with van der Waals surface area (Å²) in [5, 5.41) is 6.36. The van der Waals surface area contributed by atoms with Crippen LogP contribution in [0, 0.1) is 5.82 Å². The number of carbonyl (C=O) groups is 1. The topological polar surface area (TPSA) is 71.3 Å². The second-order valence-electron chi connectivity index (χ2n) is 6.99. The van der Waals surface area contributed by atoms with E-state index in [1.807, 2.05) is 0 Å². The van der Waals surface area contributed by atoms with Crippen LogP contribution in [0.15, 0.2) is 53.1 Å². The molecular formula is C21H20F4N4O2. The lowest BCUT2D eigenvalue weighted by Crippen LogP contribution is -2.31. The molecule has 0 aliphatic carbocycles. The zero-order valence-corrected chi connectivity index (χ0v) is 16.6. The molecular weight excluding hydrogens is 416 g/mol. The normalized spacial score (nSPS) is 11.7. The van der Waals surface area contributed by atoms with Gasteiger partial charge < -0.3 is 9.84 Å². The van der Waals surface area contributed by atoms with Crippen molar-refractivity contribution in [1.29, 1.82) is 0 Å². The number of alkyl halides is 3. The number of hydrogen-bond donors (Lipinski definition) is 1. The van der Waals surface area contributed by atoms with Crippen LogP contribution in [-0.2, 0) is 17.4 Å². The minimum absolute atomic E-state index is 0.0870. The summed E-state index contributed by atoms with van der Waals surface area (Å²) in [5.74, 6) is -0.332. The first-order valence-electron chi connectivity index (χ1n) is 9.45. The lowest BCUT2D eigenvalue weighted by Gasteiger charge is -2.15. The van der Waals surface area contributed by atoms with Crippen LogP contribution in [0.2, 0.25) is 0 Å². The maximum atomic E-state index is 13.2. The number of nitrogens with zero attached hydrogens (tertiary/aromatic N) is 3. The van der Waals surface area contributed by atoms with Gasteiger partial charge in [0.1, 0.15) is 5.82 Å². The molecule has 31 heavy (non-hydrogen) atoms. The van der Waals surface area contributed by atoms with Crippen LogP contribution in [-0.4, -0.2) is 41.1 Å². The zero-order chi connectivity index (χ0) is 22.4. The number of hydrogen-bond acceptors (Lipinski definition) is 5. The van der Waals surface area contributed by atoms with E-state index in [-0.39, 0.29) is 23.8 Å². The van der Waals surface area contributed by atoms with Crippen molar-refractivity contribution in [2.24, 2.45) is 0 Å². The van der Waals surface area contributed by atoms with Crippen LogP contribution in [0.25, 0.3) is 11.4 Å². The highest BCUT2D eigenvalue weighted by molar-refractivity contribution is 5.92. The largest absolute Gasteiger partial charge is 0.416 e. The first-order chi connectivity index (χ1) is 14.7. The Kier molecular flexibility index (Phi) is 7.01. The Labute approximate surface area is 175 Å². The summed E-state index contributed by atoms with van der Waals surface area (Å²) >= 11 is 0. The van der Waals surface area contributed by atoms with Crippen molar-refractivity contribution in [3.63, 3.8) is 0 Å². The molecule has 0 saturated heterocycles. The molecule has 3 rings (SSSR count). The predicted octanol–water partition coefficient (Wildman–Crippen LogP) is 4.40. The summed E-state index contributed by atoms with van der Waals surface area (Å²) in [7, 11) is 1.76. The number of nitrogens with one attached hydrogen (secondary N) is 1. The van der Waals surface area contributed by atoms with E-state index >= 15 is 0 Å². The summed E-state index contributed by atoms with van der Waals surface area (Å²) in [6, 6.07) is 10.3. The summed E-state index contributed by atoms with van der Waals surface area (Å²) < 4.78 is 56.8. The highest BCUT2D eigenvalue weighted by Gasteiger charge is 2.30. The number of carbonyl (C=O) groups excluding carboxylic acids is 1. The van der Waals surface area contributed by atoms with Gasteiger partial charge in [0.2, 0.25) is 17.6 Å². The molecule has 0 fully saturated rings. The third-order valence-electron chi connectivity index (χ3n) is 4.37. The van der Waals surface area contributed by atoms with E-state index in [1.54, 1.807) is 18.0 Å². The van der Waals surface area contributed by atoms with Gasteiger partial charge in [0.05, 0.1) is 12.1 Å². The molecule has 0 spiro atoms. The molecule has 2 aromatic carbocycles. The van der Waals surface area contributed by atoms with E-state index in [1.165, 1.54) is 30.3 Å². The Balaban J connectivity index is 1.47. The minimum atomic E-state index is -4.45. The molecule has 3 aromatic rings. The first kappa shape index (κ1) is 22.4. The van der Waals surface area contributed by atoms with E-state index in [4.69, 9.17) is 4.52 Å². The Morgan fingerprint density at radius 3 is 2.68 bits per heavy atom. The molecule has 0 saturated carbocycles. The van der Waals surface area contributed by atoms with Gasteiger partial charge in [-0.25, -0.2) is 4.39 Å². The van der Waals surface area contributed by atoms with Crippen LogP contribution in [0.5, 0.6) is 0 Å². The molecule has 0 unspecified atom stereocenters. The standard InChI is InChI=1S/C21H20F4N4O2/c1-29(13-18(30)26-17-8-3-7-16(22)12-17)10-4-9-19-27-20(28-31-19)14-5-2-6-15(11-14)21(23,24)25/h2-3,5-8,11-12H,4,9-10,13H2,1H3,(H,26,30). The molecule has 0 aliphatic heterocycles. The van der Waals surface area contributed by atoms with E-state index in [2.05, 4.69) is 15.5 Å². The summed E-state index contributed by atoms with van der Waals surface area (Å²) in [6.45, 7) is 0.647. The van der Waals surface area contributed by atoms with Gasteiger partial charge >= 0.3 is 6.18 Å². The third-order valence-corrected chi connectivity index (χ3v) is 4.37. The number of aryl methyl sites for hydroxylation is 1. The van der Waals surface area contributed by atoms with Gasteiger partial charge in [0.15, 0.2) is 0 Å². The monoisotopic (exact) mass is 436 g/mol. The fourth-order valence-corrected chi connectivity index (χ4v) is 2.90. The second kappa shape index (κ2) is 9.69. The summed E-state index contributed by atoms with van der Waals surface area (Å²) in [4.78, 5) is 18.0. The number of rotatable bonds is 8. The second-order valence-corrected chi connectivity index (χ2v) is 6.99. The zero-order valence-electron chi connectivity index (χ0n) is 16.6. The number of anilines is 1. The molecule has 1 aromatic heterocycles. The molecule has 164 valence electrons. The van der Waals surface area contributed by atoms with Gasteiger partial charge in [-0.1, -0.05) is 23.4 Å².